The lowest BCUT2D eigenvalue weighted by Gasteiger charge is -2.40. The van der Waals surface area contributed by atoms with E-state index >= 15 is 0 Å². The number of hydrogen-bond acceptors (Lipinski definition) is 3. The van der Waals surface area contributed by atoms with Gasteiger partial charge in [0.15, 0.2) is 0 Å². The van der Waals surface area contributed by atoms with Crippen molar-refractivity contribution >= 4 is 11.6 Å². The van der Waals surface area contributed by atoms with Gasteiger partial charge in [-0.2, -0.15) is 74.6 Å². The lowest BCUT2D eigenvalue weighted by atomic mass is 10.2. The van der Waals surface area contributed by atoms with Crippen molar-refractivity contribution in [2.45, 2.75) is 55.3 Å². The minimum absolute atomic E-state index is 0.0848. The summed E-state index contributed by atoms with van der Waals surface area (Å²) in [6.45, 7) is 1.20. The predicted molar refractivity (Wildman–Crippen MR) is 82.7 cm³/mol. The smallest absolute Gasteiger partial charge is 0.321 e. The summed E-state index contributed by atoms with van der Waals surface area (Å²) in [7, 11) is 0. The lowest BCUT2D eigenvalue weighted by molar-refractivity contribution is -0.548. The van der Waals surface area contributed by atoms with Gasteiger partial charge in [-0.05, 0) is 24.6 Å². The molecule has 0 saturated heterocycles. The van der Waals surface area contributed by atoms with Gasteiger partial charge in [0.1, 0.15) is 0 Å². The van der Waals surface area contributed by atoms with E-state index in [1.54, 1.807) is 0 Å². The average molecular weight is 585 g/mol. The van der Waals surface area contributed by atoms with Crippen LogP contribution in [0.3, 0.4) is 0 Å². The van der Waals surface area contributed by atoms with Crippen molar-refractivity contribution in [3.63, 3.8) is 0 Å². The number of anilines is 1. The molecule has 0 bridgehead atoms. The summed E-state index contributed by atoms with van der Waals surface area (Å²) in [6, 6.07) is 3.51. The van der Waals surface area contributed by atoms with Crippen LogP contribution in [-0.2, 0) is 14.3 Å². The Labute approximate surface area is 192 Å². The van der Waals surface area contributed by atoms with Gasteiger partial charge in [-0.15, -0.1) is 0 Å². The standard InChI is InChI=1S/C16H8F17NO3/c1-6-3-2-4-7(5-6)34-8(35)9(17,12(21,22)23)36-16(32,33)11(20,14(27,28)29)37-15(30,31)10(18,19)13(24,25)26/h2-5H,1H3,(H,34,35)/t9-,11+/m1/s1. The first kappa shape index (κ1) is 32.4. The third kappa shape index (κ3) is 5.96. The largest absolute Gasteiger partial charge is 0.462 e. The van der Waals surface area contributed by atoms with Crippen molar-refractivity contribution in [1.82, 2.24) is 0 Å². The maximum absolute atomic E-state index is 14.4. The van der Waals surface area contributed by atoms with Crippen molar-refractivity contribution in [2.24, 2.45) is 0 Å². The number of alkyl halides is 17. The van der Waals surface area contributed by atoms with Gasteiger partial charge < -0.3 is 5.32 Å². The SMILES string of the molecule is Cc1cccc(NC(=O)[C@@](F)(OC(F)(F)[C@@](F)(OC(F)(F)C(F)(F)C(F)(F)F)C(F)(F)F)C(F)(F)F)c1. The molecule has 2 atom stereocenters. The van der Waals surface area contributed by atoms with Gasteiger partial charge in [0, 0.05) is 5.69 Å². The molecule has 0 aliphatic carbocycles. The second-order valence-corrected chi connectivity index (χ2v) is 6.82. The third-order valence-electron chi connectivity index (χ3n) is 3.93. The van der Waals surface area contributed by atoms with E-state index in [0.717, 1.165) is 11.4 Å². The maximum Gasteiger partial charge on any atom is 0.462 e. The van der Waals surface area contributed by atoms with Crippen molar-refractivity contribution in [1.29, 1.82) is 0 Å². The molecule has 1 rings (SSSR count). The van der Waals surface area contributed by atoms with Crippen LogP contribution in [-0.4, -0.2) is 54.3 Å². The molecule has 1 amide bonds. The van der Waals surface area contributed by atoms with Crippen LogP contribution in [0, 0.1) is 6.92 Å². The molecule has 1 N–H and O–H groups in total. The van der Waals surface area contributed by atoms with Crippen molar-refractivity contribution in [3.8, 4) is 0 Å². The summed E-state index contributed by atoms with van der Waals surface area (Å²) in [5, 5.41) is 0.881. The number of aryl methyl sites for hydroxylation is 1. The van der Waals surface area contributed by atoms with Crippen LogP contribution in [0.4, 0.5) is 80.3 Å². The Kier molecular flexibility index (Phi) is 8.17. The van der Waals surface area contributed by atoms with Crippen molar-refractivity contribution < 1.29 is 88.9 Å². The molecular formula is C16H8F17NO3. The average Bonchev–Trinajstić information content (AvgIpc) is 2.64. The van der Waals surface area contributed by atoms with Gasteiger partial charge in [-0.1, -0.05) is 12.1 Å². The highest BCUT2D eigenvalue weighted by Gasteiger charge is 2.85. The zero-order valence-corrected chi connectivity index (χ0v) is 17.0. The van der Waals surface area contributed by atoms with E-state index < -0.39 is 60.0 Å². The molecule has 0 unspecified atom stereocenters. The fourth-order valence-corrected chi connectivity index (χ4v) is 2.10. The number of carbonyl (C=O) groups is 1. The fourth-order valence-electron chi connectivity index (χ4n) is 2.10. The van der Waals surface area contributed by atoms with E-state index in [9.17, 15) is 79.4 Å². The third-order valence-corrected chi connectivity index (χ3v) is 3.93. The number of benzene rings is 1. The Morgan fingerprint density at radius 2 is 1.16 bits per heavy atom. The molecule has 0 radical (unpaired) electrons. The highest BCUT2D eigenvalue weighted by atomic mass is 19.4. The molecule has 0 heterocycles. The quantitative estimate of drug-likeness (QED) is 0.342. The predicted octanol–water partition coefficient (Wildman–Crippen LogP) is 6.81. The Morgan fingerprint density at radius 3 is 1.54 bits per heavy atom. The van der Waals surface area contributed by atoms with Crippen LogP contribution >= 0.6 is 0 Å². The van der Waals surface area contributed by atoms with Gasteiger partial charge in [0.05, 0.1) is 0 Å². The number of halogens is 17. The van der Waals surface area contributed by atoms with Crippen LogP contribution in [0.2, 0.25) is 0 Å². The van der Waals surface area contributed by atoms with Crippen LogP contribution in [0.25, 0.3) is 0 Å². The number of carbonyl (C=O) groups excluding carboxylic acids is 1. The van der Waals surface area contributed by atoms with Crippen molar-refractivity contribution in [3.05, 3.63) is 29.8 Å². The molecule has 0 aliphatic heterocycles. The van der Waals surface area contributed by atoms with Gasteiger partial charge in [0.25, 0.3) is 5.91 Å². The molecular weight excluding hydrogens is 577 g/mol. The van der Waals surface area contributed by atoms with Gasteiger partial charge >= 0.3 is 48.4 Å². The number of amides is 1. The van der Waals surface area contributed by atoms with E-state index in [2.05, 4.69) is 0 Å². The van der Waals surface area contributed by atoms with E-state index in [0.29, 0.717) is 12.1 Å². The summed E-state index contributed by atoms with van der Waals surface area (Å²) in [6.07, 6.45) is -38.5. The highest BCUT2D eigenvalue weighted by molar-refractivity contribution is 5.96. The topological polar surface area (TPSA) is 47.6 Å². The summed E-state index contributed by atoms with van der Waals surface area (Å²) in [4.78, 5) is 11.7. The summed E-state index contributed by atoms with van der Waals surface area (Å²) in [5.74, 6) is -26.2. The van der Waals surface area contributed by atoms with Crippen LogP contribution < -0.4 is 5.32 Å². The molecule has 0 spiro atoms. The Bertz CT molecular complexity index is 986. The van der Waals surface area contributed by atoms with Crippen LogP contribution in [0.5, 0.6) is 0 Å². The minimum atomic E-state index is -8.05. The summed E-state index contributed by atoms with van der Waals surface area (Å²) in [5.41, 5.74) is -0.792. The first-order chi connectivity index (χ1) is 16.1. The molecule has 0 aromatic heterocycles. The second-order valence-electron chi connectivity index (χ2n) is 6.82. The Balaban J connectivity index is 3.63. The zero-order valence-electron chi connectivity index (χ0n) is 17.0. The molecule has 0 fully saturated rings. The van der Waals surface area contributed by atoms with E-state index in [1.165, 1.54) is 17.7 Å². The second kappa shape index (κ2) is 9.31. The molecule has 214 valence electrons. The number of rotatable bonds is 8. The zero-order chi connectivity index (χ0) is 29.7. The maximum atomic E-state index is 14.4. The van der Waals surface area contributed by atoms with Crippen LogP contribution in [0.1, 0.15) is 5.56 Å². The molecule has 0 saturated carbocycles. The summed E-state index contributed by atoms with van der Waals surface area (Å²) < 4.78 is 226. The van der Waals surface area contributed by atoms with E-state index in [1.807, 2.05) is 4.74 Å². The van der Waals surface area contributed by atoms with E-state index in [-0.39, 0.29) is 5.56 Å². The monoisotopic (exact) mass is 585 g/mol. The molecule has 0 aliphatic rings. The lowest BCUT2D eigenvalue weighted by Crippen LogP contribution is -2.68. The van der Waals surface area contributed by atoms with Crippen LogP contribution in [0.15, 0.2) is 24.3 Å². The van der Waals surface area contributed by atoms with Gasteiger partial charge in [0.2, 0.25) is 0 Å². The van der Waals surface area contributed by atoms with Gasteiger partial charge in [-0.3, -0.25) is 14.3 Å². The molecule has 1 aromatic rings. The minimum Gasteiger partial charge on any atom is -0.321 e. The van der Waals surface area contributed by atoms with Gasteiger partial charge in [-0.25, -0.2) is 0 Å². The number of hydrogen-bond donors (Lipinski definition) is 1. The first-order valence-electron chi connectivity index (χ1n) is 8.55. The first-order valence-corrected chi connectivity index (χ1v) is 8.55. The molecule has 37 heavy (non-hydrogen) atoms. The number of ether oxygens (including phenoxy) is 2. The molecule has 21 heteroatoms. The summed E-state index contributed by atoms with van der Waals surface area (Å²) >= 11 is 0. The molecule has 4 nitrogen and oxygen atoms in total. The Morgan fingerprint density at radius 1 is 0.676 bits per heavy atom. The Hall–Kier alpha value is -2.58. The molecule has 1 aromatic carbocycles. The van der Waals surface area contributed by atoms with E-state index in [4.69, 9.17) is 0 Å². The van der Waals surface area contributed by atoms with Crippen molar-refractivity contribution in [2.75, 3.05) is 5.32 Å². The fraction of sp³-hybridized carbons (Fsp3) is 0.562. The normalized spacial score (nSPS) is 17.7. The highest BCUT2D eigenvalue weighted by Crippen LogP contribution is 2.56. The number of nitrogens with one attached hydrogen (secondary N) is 1.